The van der Waals surface area contributed by atoms with E-state index in [0.717, 1.165) is 6.07 Å². The summed E-state index contributed by atoms with van der Waals surface area (Å²) in [5.41, 5.74) is 0.0729. The number of carbonyl (C=O) groups excluding carboxylic acids is 1. The maximum absolute atomic E-state index is 13.6. The van der Waals surface area contributed by atoms with Crippen LogP contribution in [-0.2, 0) is 11.2 Å². The Morgan fingerprint density at radius 3 is 2.53 bits per heavy atom. The molecule has 6 heteroatoms. The maximum atomic E-state index is 13.6. The lowest BCUT2D eigenvalue weighted by atomic mass is 10.1. The van der Waals surface area contributed by atoms with E-state index in [0.29, 0.717) is 12.1 Å². The number of benzene rings is 1. The van der Waals surface area contributed by atoms with Crippen LogP contribution in [0.1, 0.15) is 19.4 Å². The van der Waals surface area contributed by atoms with Gasteiger partial charge < -0.3 is 4.90 Å². The number of aryl methyl sites for hydroxylation is 1. The summed E-state index contributed by atoms with van der Waals surface area (Å²) in [6.07, 6.45) is 0.326. The van der Waals surface area contributed by atoms with E-state index in [1.165, 1.54) is 24.9 Å². The van der Waals surface area contributed by atoms with Gasteiger partial charge in [0, 0.05) is 31.3 Å². The van der Waals surface area contributed by atoms with Crippen molar-refractivity contribution in [3.05, 3.63) is 33.6 Å². The monoisotopic (exact) mass is 240 g/mol. The number of amides is 1. The fourth-order valence-electron chi connectivity index (χ4n) is 1.49. The summed E-state index contributed by atoms with van der Waals surface area (Å²) in [7, 11) is 1.49. The SMILES string of the molecule is CCc1cc(N(C)C(C)=O)cc(F)c1[N+](=O)[O-]. The van der Waals surface area contributed by atoms with Gasteiger partial charge in [-0.05, 0) is 12.5 Å². The van der Waals surface area contributed by atoms with E-state index in [2.05, 4.69) is 0 Å². The molecule has 0 saturated heterocycles. The second-order valence-corrected chi connectivity index (χ2v) is 3.62. The van der Waals surface area contributed by atoms with Crippen molar-refractivity contribution in [3.8, 4) is 0 Å². The van der Waals surface area contributed by atoms with Crippen molar-refractivity contribution in [2.24, 2.45) is 0 Å². The zero-order chi connectivity index (χ0) is 13.2. The van der Waals surface area contributed by atoms with E-state index in [-0.39, 0.29) is 11.5 Å². The lowest BCUT2D eigenvalue weighted by Crippen LogP contribution is -2.23. The minimum absolute atomic E-state index is 0.264. The van der Waals surface area contributed by atoms with Gasteiger partial charge in [0.25, 0.3) is 0 Å². The van der Waals surface area contributed by atoms with Crippen LogP contribution >= 0.6 is 0 Å². The van der Waals surface area contributed by atoms with Crippen molar-refractivity contribution in [3.63, 3.8) is 0 Å². The molecule has 5 nitrogen and oxygen atoms in total. The van der Waals surface area contributed by atoms with E-state index in [4.69, 9.17) is 0 Å². The molecule has 0 unspecified atom stereocenters. The summed E-state index contributed by atoms with van der Waals surface area (Å²) in [6.45, 7) is 3.03. The smallest absolute Gasteiger partial charge is 0.308 e. The molecule has 92 valence electrons. The fraction of sp³-hybridized carbons (Fsp3) is 0.364. The molecule has 0 aliphatic carbocycles. The number of hydrogen-bond acceptors (Lipinski definition) is 3. The Kier molecular flexibility index (Phi) is 3.77. The number of halogens is 1. The highest BCUT2D eigenvalue weighted by atomic mass is 19.1. The molecule has 1 aromatic rings. The van der Waals surface area contributed by atoms with Crippen molar-refractivity contribution in [1.82, 2.24) is 0 Å². The minimum atomic E-state index is -0.919. The molecule has 0 atom stereocenters. The molecule has 1 amide bonds. The average molecular weight is 240 g/mol. The highest BCUT2D eigenvalue weighted by molar-refractivity contribution is 5.91. The summed E-state index contributed by atoms with van der Waals surface area (Å²) >= 11 is 0. The number of rotatable bonds is 3. The van der Waals surface area contributed by atoms with Crippen molar-refractivity contribution >= 4 is 17.3 Å². The first-order valence-corrected chi connectivity index (χ1v) is 5.09. The van der Waals surface area contributed by atoms with Crippen molar-refractivity contribution in [2.45, 2.75) is 20.3 Å². The normalized spacial score (nSPS) is 10.1. The van der Waals surface area contributed by atoms with Gasteiger partial charge in [0.15, 0.2) is 0 Å². The van der Waals surface area contributed by atoms with Gasteiger partial charge in [-0.3, -0.25) is 14.9 Å². The van der Waals surface area contributed by atoms with E-state index in [9.17, 15) is 19.3 Å². The Balaban J connectivity index is 3.36. The molecule has 0 N–H and O–H groups in total. The first-order valence-electron chi connectivity index (χ1n) is 5.09. The topological polar surface area (TPSA) is 63.5 Å². The van der Waals surface area contributed by atoms with Crippen LogP contribution in [0.5, 0.6) is 0 Å². The summed E-state index contributed by atoms with van der Waals surface area (Å²) in [4.78, 5) is 22.3. The van der Waals surface area contributed by atoms with Crippen molar-refractivity contribution in [2.75, 3.05) is 11.9 Å². The van der Waals surface area contributed by atoms with Crippen molar-refractivity contribution in [1.29, 1.82) is 0 Å². The van der Waals surface area contributed by atoms with Crippen LogP contribution in [0.3, 0.4) is 0 Å². The molecule has 0 saturated carbocycles. The van der Waals surface area contributed by atoms with Crippen LogP contribution in [0.4, 0.5) is 15.8 Å². The Hall–Kier alpha value is -1.98. The van der Waals surface area contributed by atoms with E-state index >= 15 is 0 Å². The summed E-state index contributed by atoms with van der Waals surface area (Å²) in [5.74, 6) is -1.18. The number of nitro groups is 1. The lowest BCUT2D eigenvalue weighted by molar-refractivity contribution is -0.388. The van der Waals surface area contributed by atoms with Crippen LogP contribution in [0.2, 0.25) is 0 Å². The molecule has 0 spiro atoms. The number of anilines is 1. The molecule has 0 aromatic heterocycles. The Morgan fingerprint density at radius 2 is 2.12 bits per heavy atom. The number of nitrogens with zero attached hydrogens (tertiary/aromatic N) is 2. The minimum Gasteiger partial charge on any atom is -0.316 e. The number of hydrogen-bond donors (Lipinski definition) is 0. The second-order valence-electron chi connectivity index (χ2n) is 3.62. The molecule has 0 fully saturated rings. The quantitative estimate of drug-likeness (QED) is 0.601. The summed E-state index contributed by atoms with van der Waals surface area (Å²) in [5, 5.41) is 10.7. The Bertz CT molecular complexity index is 474. The molecule has 0 heterocycles. The zero-order valence-electron chi connectivity index (χ0n) is 9.86. The van der Waals surface area contributed by atoms with Gasteiger partial charge in [-0.1, -0.05) is 6.92 Å². The highest BCUT2D eigenvalue weighted by Gasteiger charge is 2.22. The molecule has 1 aromatic carbocycles. The zero-order valence-corrected chi connectivity index (χ0v) is 9.86. The van der Waals surface area contributed by atoms with Gasteiger partial charge >= 0.3 is 5.69 Å². The summed E-state index contributed by atoms with van der Waals surface area (Å²) < 4.78 is 13.6. The van der Waals surface area contributed by atoms with Crippen LogP contribution in [0.25, 0.3) is 0 Å². The fourth-order valence-corrected chi connectivity index (χ4v) is 1.49. The maximum Gasteiger partial charge on any atom is 0.308 e. The summed E-state index contributed by atoms with van der Waals surface area (Å²) in [6, 6.07) is 2.46. The predicted octanol–water partition coefficient (Wildman–Crippen LogP) is 2.28. The van der Waals surface area contributed by atoms with Gasteiger partial charge in [-0.2, -0.15) is 4.39 Å². The average Bonchev–Trinajstić information content (AvgIpc) is 2.25. The van der Waals surface area contributed by atoms with Crippen LogP contribution in [0, 0.1) is 15.9 Å². The molecule has 0 aliphatic rings. The standard InChI is InChI=1S/C11H13FN2O3/c1-4-8-5-9(13(3)7(2)15)6-10(12)11(8)14(16)17/h5-6H,4H2,1-3H3. The first-order chi connectivity index (χ1) is 7.88. The Morgan fingerprint density at radius 1 is 1.53 bits per heavy atom. The van der Waals surface area contributed by atoms with Crippen LogP contribution in [-0.4, -0.2) is 17.9 Å². The second kappa shape index (κ2) is 4.90. The van der Waals surface area contributed by atoms with Gasteiger partial charge in [-0.15, -0.1) is 0 Å². The first kappa shape index (κ1) is 13.1. The third-order valence-electron chi connectivity index (χ3n) is 2.55. The van der Waals surface area contributed by atoms with Gasteiger partial charge in [0.2, 0.25) is 11.7 Å². The molecular weight excluding hydrogens is 227 g/mol. The van der Waals surface area contributed by atoms with Gasteiger partial charge in [0.1, 0.15) is 0 Å². The third-order valence-corrected chi connectivity index (χ3v) is 2.55. The molecule has 0 bridgehead atoms. The molecule has 0 aliphatic heterocycles. The molecule has 1 rings (SSSR count). The van der Waals surface area contributed by atoms with E-state index < -0.39 is 16.4 Å². The molecule has 17 heavy (non-hydrogen) atoms. The Labute approximate surface area is 98.0 Å². The van der Waals surface area contributed by atoms with E-state index in [1.54, 1.807) is 6.92 Å². The number of carbonyl (C=O) groups is 1. The van der Waals surface area contributed by atoms with E-state index in [1.807, 2.05) is 0 Å². The molecular formula is C11H13FN2O3. The largest absolute Gasteiger partial charge is 0.316 e. The highest BCUT2D eigenvalue weighted by Crippen LogP contribution is 2.28. The third kappa shape index (κ3) is 2.58. The predicted molar refractivity (Wildman–Crippen MR) is 61.5 cm³/mol. The molecule has 0 radical (unpaired) electrons. The van der Waals surface area contributed by atoms with Crippen LogP contribution < -0.4 is 4.90 Å². The van der Waals surface area contributed by atoms with Crippen molar-refractivity contribution < 1.29 is 14.1 Å². The van der Waals surface area contributed by atoms with Crippen LogP contribution in [0.15, 0.2) is 12.1 Å². The van der Waals surface area contributed by atoms with Gasteiger partial charge in [0.05, 0.1) is 4.92 Å². The lowest BCUT2D eigenvalue weighted by Gasteiger charge is -2.16. The number of nitro benzene ring substituents is 1. The van der Waals surface area contributed by atoms with Gasteiger partial charge in [-0.25, -0.2) is 0 Å².